The molecule has 1 aliphatic rings. The predicted octanol–water partition coefficient (Wildman–Crippen LogP) is 5.54. The molecule has 1 heterocycles. The minimum atomic E-state index is 0.146. The Morgan fingerprint density at radius 1 is 0.765 bits per heavy atom. The Hall–Kier alpha value is -3.16. The van der Waals surface area contributed by atoms with E-state index in [9.17, 15) is 0 Å². The molecule has 1 saturated heterocycles. The lowest BCUT2D eigenvalue weighted by Gasteiger charge is -2.19. The molecule has 6 heteroatoms. The summed E-state index contributed by atoms with van der Waals surface area (Å²) in [6, 6.07) is 22.7. The molecule has 5 rings (SSSR count). The smallest absolute Gasteiger partial charge is 0.188 e. The fourth-order valence-electron chi connectivity index (χ4n) is 4.17. The normalized spacial score (nSPS) is 15.1. The van der Waals surface area contributed by atoms with E-state index in [4.69, 9.17) is 28.4 Å². The Kier molecular flexibility index (Phi) is 6.92. The highest BCUT2D eigenvalue weighted by Gasteiger charge is 2.22. The van der Waals surface area contributed by atoms with Crippen molar-refractivity contribution in [1.29, 1.82) is 0 Å². The number of rotatable bonds is 11. The van der Waals surface area contributed by atoms with Crippen LogP contribution in [0.5, 0.6) is 11.5 Å². The van der Waals surface area contributed by atoms with Crippen molar-refractivity contribution in [1.82, 2.24) is 0 Å². The number of epoxide rings is 1. The van der Waals surface area contributed by atoms with Crippen LogP contribution in [-0.4, -0.2) is 47.1 Å². The molecule has 4 aromatic rings. The lowest BCUT2D eigenvalue weighted by atomic mass is 9.91. The average Bonchev–Trinajstić information content (AvgIpc) is 3.70. The molecule has 0 N–H and O–H groups in total. The molecule has 0 spiro atoms. The summed E-state index contributed by atoms with van der Waals surface area (Å²) in [6.07, 6.45) is 0.254. The Balaban J connectivity index is 1.66. The van der Waals surface area contributed by atoms with Crippen LogP contribution in [0.4, 0.5) is 0 Å². The van der Waals surface area contributed by atoms with E-state index in [1.807, 2.05) is 24.3 Å². The molecule has 4 aromatic carbocycles. The van der Waals surface area contributed by atoms with Crippen molar-refractivity contribution < 1.29 is 28.4 Å². The van der Waals surface area contributed by atoms with Gasteiger partial charge in [-0.1, -0.05) is 48.5 Å². The van der Waals surface area contributed by atoms with E-state index < -0.39 is 0 Å². The number of ether oxygens (including phenoxy) is 6. The largest absolute Gasteiger partial charge is 0.467 e. The molecule has 0 unspecified atom stereocenters. The van der Waals surface area contributed by atoms with Gasteiger partial charge in [0.2, 0.25) is 0 Å². The topological polar surface area (TPSA) is 58.7 Å². The minimum absolute atomic E-state index is 0.146. The van der Waals surface area contributed by atoms with Crippen LogP contribution in [0.2, 0.25) is 0 Å². The van der Waals surface area contributed by atoms with E-state index in [1.165, 1.54) is 0 Å². The molecule has 1 atom stereocenters. The van der Waals surface area contributed by atoms with E-state index >= 15 is 0 Å². The quantitative estimate of drug-likeness (QED) is 0.216. The second-order valence-corrected chi connectivity index (χ2v) is 8.23. The van der Waals surface area contributed by atoms with E-state index in [0.717, 1.165) is 56.3 Å². The standard InChI is InChI=1S/C28H28O6/c1-29-17-33-25-11-8-20-5-3-4-6-23(20)27(25)28-24-10-7-19(14-31-15-22-16-32-22)13-21(24)9-12-26(28)34-18-30-2/h3-13,22H,14-18H2,1-2H3/t22-/m1/s1. The second-order valence-electron chi connectivity index (χ2n) is 8.23. The van der Waals surface area contributed by atoms with E-state index in [0.29, 0.717) is 13.2 Å². The van der Waals surface area contributed by atoms with Crippen LogP contribution in [0.1, 0.15) is 5.56 Å². The molecule has 0 aromatic heterocycles. The maximum Gasteiger partial charge on any atom is 0.188 e. The van der Waals surface area contributed by atoms with Gasteiger partial charge in [0.15, 0.2) is 13.6 Å². The molecule has 0 saturated carbocycles. The van der Waals surface area contributed by atoms with Gasteiger partial charge in [-0.15, -0.1) is 0 Å². The molecule has 0 amide bonds. The molecular weight excluding hydrogens is 432 g/mol. The Labute approximate surface area is 198 Å². The zero-order valence-corrected chi connectivity index (χ0v) is 19.4. The Morgan fingerprint density at radius 2 is 1.41 bits per heavy atom. The lowest BCUT2D eigenvalue weighted by molar-refractivity contribution is 0.0502. The van der Waals surface area contributed by atoms with Crippen LogP contribution in [0.15, 0.2) is 66.7 Å². The van der Waals surface area contributed by atoms with Gasteiger partial charge < -0.3 is 28.4 Å². The third kappa shape index (κ3) is 4.86. The number of hydrogen-bond donors (Lipinski definition) is 0. The van der Waals surface area contributed by atoms with Gasteiger partial charge in [-0.25, -0.2) is 0 Å². The average molecular weight is 461 g/mol. The second kappa shape index (κ2) is 10.4. The van der Waals surface area contributed by atoms with Gasteiger partial charge in [-0.05, 0) is 45.3 Å². The summed E-state index contributed by atoms with van der Waals surface area (Å²) in [5, 5.41) is 4.34. The number of hydrogen-bond acceptors (Lipinski definition) is 6. The molecule has 34 heavy (non-hydrogen) atoms. The van der Waals surface area contributed by atoms with Crippen LogP contribution >= 0.6 is 0 Å². The van der Waals surface area contributed by atoms with Crippen molar-refractivity contribution in [2.75, 3.05) is 41.0 Å². The van der Waals surface area contributed by atoms with Crippen molar-refractivity contribution in [3.05, 3.63) is 72.3 Å². The highest BCUT2D eigenvalue weighted by Crippen LogP contribution is 2.45. The Morgan fingerprint density at radius 3 is 2.09 bits per heavy atom. The van der Waals surface area contributed by atoms with Crippen LogP contribution in [0.3, 0.4) is 0 Å². The zero-order chi connectivity index (χ0) is 23.3. The predicted molar refractivity (Wildman–Crippen MR) is 131 cm³/mol. The van der Waals surface area contributed by atoms with Gasteiger partial charge in [0.1, 0.15) is 17.6 Å². The molecule has 1 aliphatic heterocycles. The van der Waals surface area contributed by atoms with Crippen LogP contribution in [-0.2, 0) is 25.6 Å². The maximum atomic E-state index is 6.04. The molecule has 0 aliphatic carbocycles. The summed E-state index contributed by atoms with van der Waals surface area (Å²) >= 11 is 0. The monoisotopic (exact) mass is 460 g/mol. The fraction of sp³-hybridized carbons (Fsp3) is 0.286. The Bertz CT molecular complexity index is 1280. The van der Waals surface area contributed by atoms with Gasteiger partial charge in [-0.3, -0.25) is 0 Å². The zero-order valence-electron chi connectivity index (χ0n) is 19.4. The molecule has 6 nitrogen and oxygen atoms in total. The molecule has 176 valence electrons. The van der Waals surface area contributed by atoms with Crippen molar-refractivity contribution in [3.8, 4) is 22.6 Å². The summed E-state index contributed by atoms with van der Waals surface area (Å²) < 4.78 is 33.5. The van der Waals surface area contributed by atoms with Crippen molar-refractivity contribution in [3.63, 3.8) is 0 Å². The summed E-state index contributed by atoms with van der Waals surface area (Å²) in [5.41, 5.74) is 3.02. The minimum Gasteiger partial charge on any atom is -0.467 e. The van der Waals surface area contributed by atoms with Crippen molar-refractivity contribution in [2.24, 2.45) is 0 Å². The van der Waals surface area contributed by atoms with Crippen molar-refractivity contribution in [2.45, 2.75) is 12.7 Å². The van der Waals surface area contributed by atoms with Gasteiger partial charge in [-0.2, -0.15) is 0 Å². The number of fused-ring (bicyclic) bond motifs is 2. The van der Waals surface area contributed by atoms with Crippen LogP contribution in [0.25, 0.3) is 32.7 Å². The third-order valence-corrected chi connectivity index (χ3v) is 5.83. The molecule has 0 bridgehead atoms. The van der Waals surface area contributed by atoms with E-state index in [-0.39, 0.29) is 19.7 Å². The summed E-state index contributed by atoms with van der Waals surface area (Å²) in [6.45, 7) is 2.26. The van der Waals surface area contributed by atoms with Crippen LogP contribution in [0, 0.1) is 0 Å². The molecule has 0 radical (unpaired) electrons. The third-order valence-electron chi connectivity index (χ3n) is 5.83. The van der Waals surface area contributed by atoms with Crippen molar-refractivity contribution >= 4 is 21.5 Å². The van der Waals surface area contributed by atoms with Crippen LogP contribution < -0.4 is 9.47 Å². The lowest BCUT2D eigenvalue weighted by Crippen LogP contribution is -2.04. The first-order chi connectivity index (χ1) is 16.8. The van der Waals surface area contributed by atoms with Gasteiger partial charge in [0.05, 0.1) is 19.8 Å². The number of methoxy groups -OCH3 is 2. The first-order valence-electron chi connectivity index (χ1n) is 11.3. The van der Waals surface area contributed by atoms with Gasteiger partial charge in [0, 0.05) is 25.3 Å². The highest BCUT2D eigenvalue weighted by atomic mass is 16.7. The summed E-state index contributed by atoms with van der Waals surface area (Å²) in [5.74, 6) is 1.45. The first kappa shape index (κ1) is 22.6. The van der Waals surface area contributed by atoms with Gasteiger partial charge >= 0.3 is 0 Å². The maximum absolute atomic E-state index is 6.04. The summed E-state index contributed by atoms with van der Waals surface area (Å²) in [4.78, 5) is 0. The molecular formula is C28H28O6. The summed E-state index contributed by atoms with van der Waals surface area (Å²) in [7, 11) is 3.23. The molecule has 1 fully saturated rings. The highest BCUT2D eigenvalue weighted by molar-refractivity contribution is 6.09. The van der Waals surface area contributed by atoms with Gasteiger partial charge in [0.25, 0.3) is 0 Å². The fourth-order valence-corrected chi connectivity index (χ4v) is 4.17. The van der Waals surface area contributed by atoms with E-state index in [2.05, 4.69) is 42.5 Å². The number of benzene rings is 4. The first-order valence-corrected chi connectivity index (χ1v) is 11.3. The van der Waals surface area contributed by atoms with E-state index in [1.54, 1.807) is 14.2 Å². The SMILES string of the molecule is COCOc1ccc2ccccc2c1-c1c(OCOC)ccc2cc(COC[C@@H]3CO3)ccc12.